The van der Waals surface area contributed by atoms with E-state index >= 15 is 0 Å². The van der Waals surface area contributed by atoms with Crippen LogP contribution in [0.5, 0.6) is 0 Å². The van der Waals surface area contributed by atoms with E-state index in [2.05, 4.69) is 4.37 Å². The van der Waals surface area contributed by atoms with Gasteiger partial charge in [0.1, 0.15) is 4.88 Å². The standard InChI is InChI=1S/C13H14N2OS/c1-3-15(11-6-4-5-10(2)9-11)13(16)12-7-8-14-17-12/h4-9H,3H2,1-2H3. The van der Waals surface area contributed by atoms with Gasteiger partial charge in [-0.15, -0.1) is 0 Å². The summed E-state index contributed by atoms with van der Waals surface area (Å²) in [4.78, 5) is 14.7. The molecule has 0 bridgehead atoms. The van der Waals surface area contributed by atoms with E-state index in [1.807, 2.05) is 38.1 Å². The number of nitrogens with zero attached hydrogens (tertiary/aromatic N) is 2. The van der Waals surface area contributed by atoms with Crippen molar-refractivity contribution < 1.29 is 4.79 Å². The van der Waals surface area contributed by atoms with Gasteiger partial charge >= 0.3 is 0 Å². The molecule has 0 aliphatic heterocycles. The summed E-state index contributed by atoms with van der Waals surface area (Å²) in [5.74, 6) is 0.0144. The average Bonchev–Trinajstić information content (AvgIpc) is 2.83. The summed E-state index contributed by atoms with van der Waals surface area (Å²) in [5, 5.41) is 0. The SMILES string of the molecule is CCN(C(=O)c1ccns1)c1cccc(C)c1. The summed E-state index contributed by atoms with van der Waals surface area (Å²) in [5.41, 5.74) is 2.09. The van der Waals surface area contributed by atoms with Crippen LogP contribution in [0.2, 0.25) is 0 Å². The van der Waals surface area contributed by atoms with Gasteiger partial charge in [-0.25, -0.2) is 4.37 Å². The van der Waals surface area contributed by atoms with Crippen LogP contribution in [0, 0.1) is 6.92 Å². The van der Waals surface area contributed by atoms with Crippen molar-refractivity contribution in [3.63, 3.8) is 0 Å². The summed E-state index contributed by atoms with van der Waals surface area (Å²) in [7, 11) is 0. The molecule has 0 saturated carbocycles. The number of hydrogen-bond donors (Lipinski definition) is 0. The van der Waals surface area contributed by atoms with Gasteiger partial charge in [0.15, 0.2) is 0 Å². The summed E-state index contributed by atoms with van der Waals surface area (Å²) in [6.07, 6.45) is 1.65. The fraction of sp³-hybridized carbons (Fsp3) is 0.231. The molecule has 0 fully saturated rings. The molecule has 0 spiro atoms. The van der Waals surface area contributed by atoms with Crippen LogP contribution in [0.3, 0.4) is 0 Å². The summed E-state index contributed by atoms with van der Waals surface area (Å²) < 4.78 is 3.97. The third-order valence-corrected chi connectivity index (χ3v) is 3.26. The van der Waals surface area contributed by atoms with Crippen LogP contribution in [-0.4, -0.2) is 16.8 Å². The Bertz CT molecular complexity index is 508. The van der Waals surface area contributed by atoms with Crippen molar-refractivity contribution in [3.8, 4) is 0 Å². The van der Waals surface area contributed by atoms with Gasteiger partial charge in [-0.2, -0.15) is 0 Å². The van der Waals surface area contributed by atoms with Gasteiger partial charge in [-0.1, -0.05) is 12.1 Å². The monoisotopic (exact) mass is 246 g/mol. The van der Waals surface area contributed by atoms with Crippen molar-refractivity contribution in [2.24, 2.45) is 0 Å². The highest BCUT2D eigenvalue weighted by molar-refractivity contribution is 7.08. The first kappa shape index (κ1) is 11.8. The van der Waals surface area contributed by atoms with E-state index in [9.17, 15) is 4.79 Å². The molecule has 3 nitrogen and oxygen atoms in total. The van der Waals surface area contributed by atoms with E-state index in [0.29, 0.717) is 11.4 Å². The van der Waals surface area contributed by atoms with E-state index in [1.54, 1.807) is 17.2 Å². The maximum Gasteiger partial charge on any atom is 0.269 e. The normalized spacial score (nSPS) is 10.2. The van der Waals surface area contributed by atoms with Crippen molar-refractivity contribution in [2.75, 3.05) is 11.4 Å². The first-order chi connectivity index (χ1) is 8.22. The molecule has 2 aromatic rings. The lowest BCUT2D eigenvalue weighted by Gasteiger charge is -2.20. The minimum absolute atomic E-state index is 0.0144. The van der Waals surface area contributed by atoms with Gasteiger partial charge in [-0.05, 0) is 49.1 Å². The molecular weight excluding hydrogens is 232 g/mol. The minimum atomic E-state index is 0.0144. The van der Waals surface area contributed by atoms with E-state index in [0.717, 1.165) is 11.3 Å². The number of aromatic nitrogens is 1. The van der Waals surface area contributed by atoms with E-state index in [4.69, 9.17) is 0 Å². The van der Waals surface area contributed by atoms with Crippen LogP contribution >= 0.6 is 11.5 Å². The predicted molar refractivity (Wildman–Crippen MR) is 70.6 cm³/mol. The topological polar surface area (TPSA) is 33.2 Å². The Morgan fingerprint density at radius 1 is 1.41 bits per heavy atom. The Balaban J connectivity index is 2.31. The highest BCUT2D eigenvalue weighted by Crippen LogP contribution is 2.19. The van der Waals surface area contributed by atoms with E-state index in [-0.39, 0.29) is 5.91 Å². The number of hydrogen-bond acceptors (Lipinski definition) is 3. The Kier molecular flexibility index (Phi) is 3.54. The molecule has 0 aliphatic rings. The number of carbonyl (C=O) groups is 1. The number of aryl methyl sites for hydroxylation is 1. The maximum atomic E-state index is 12.2. The number of amides is 1. The van der Waals surface area contributed by atoms with Crippen molar-refractivity contribution in [2.45, 2.75) is 13.8 Å². The van der Waals surface area contributed by atoms with Gasteiger partial charge in [-0.3, -0.25) is 4.79 Å². The van der Waals surface area contributed by atoms with Gasteiger partial charge in [0, 0.05) is 18.4 Å². The molecule has 1 aromatic carbocycles. The zero-order chi connectivity index (χ0) is 12.3. The molecule has 0 aliphatic carbocycles. The average molecular weight is 246 g/mol. The molecule has 1 heterocycles. The fourth-order valence-electron chi connectivity index (χ4n) is 1.70. The molecule has 0 unspecified atom stereocenters. The lowest BCUT2D eigenvalue weighted by molar-refractivity contribution is 0.0992. The van der Waals surface area contributed by atoms with Crippen LogP contribution in [0.25, 0.3) is 0 Å². The predicted octanol–water partition coefficient (Wildman–Crippen LogP) is 3.12. The zero-order valence-electron chi connectivity index (χ0n) is 9.88. The van der Waals surface area contributed by atoms with Crippen LogP contribution < -0.4 is 4.90 Å². The van der Waals surface area contributed by atoms with Crippen molar-refractivity contribution in [1.82, 2.24) is 4.37 Å². The number of anilines is 1. The summed E-state index contributed by atoms with van der Waals surface area (Å²) in [6, 6.07) is 9.71. The Labute approximate surface area is 105 Å². The minimum Gasteiger partial charge on any atom is -0.308 e. The highest BCUT2D eigenvalue weighted by atomic mass is 32.1. The van der Waals surface area contributed by atoms with Crippen LogP contribution in [0.1, 0.15) is 22.2 Å². The van der Waals surface area contributed by atoms with Gasteiger partial charge < -0.3 is 4.90 Å². The molecule has 0 atom stereocenters. The molecule has 2 rings (SSSR count). The highest BCUT2D eigenvalue weighted by Gasteiger charge is 2.17. The molecular formula is C13H14N2OS. The van der Waals surface area contributed by atoms with Crippen molar-refractivity contribution in [1.29, 1.82) is 0 Å². The van der Waals surface area contributed by atoms with Gasteiger partial charge in [0.05, 0.1) is 0 Å². The number of carbonyl (C=O) groups excluding carboxylic acids is 1. The van der Waals surface area contributed by atoms with E-state index < -0.39 is 0 Å². The lowest BCUT2D eigenvalue weighted by Crippen LogP contribution is -2.29. The summed E-state index contributed by atoms with van der Waals surface area (Å²) in [6.45, 7) is 4.65. The Morgan fingerprint density at radius 2 is 2.24 bits per heavy atom. The second-order valence-corrected chi connectivity index (χ2v) is 4.60. The van der Waals surface area contributed by atoms with Crippen molar-refractivity contribution in [3.05, 3.63) is 47.0 Å². The lowest BCUT2D eigenvalue weighted by atomic mass is 10.2. The first-order valence-electron chi connectivity index (χ1n) is 5.51. The van der Waals surface area contributed by atoms with Gasteiger partial charge in [0.25, 0.3) is 5.91 Å². The van der Waals surface area contributed by atoms with E-state index in [1.165, 1.54) is 11.5 Å². The van der Waals surface area contributed by atoms with Gasteiger partial charge in [0.2, 0.25) is 0 Å². The second kappa shape index (κ2) is 5.10. The van der Waals surface area contributed by atoms with Crippen LogP contribution in [-0.2, 0) is 0 Å². The van der Waals surface area contributed by atoms with Crippen LogP contribution in [0.4, 0.5) is 5.69 Å². The number of benzene rings is 1. The first-order valence-corrected chi connectivity index (χ1v) is 6.29. The molecule has 88 valence electrons. The fourth-order valence-corrected chi connectivity index (χ4v) is 2.24. The van der Waals surface area contributed by atoms with Crippen LogP contribution in [0.15, 0.2) is 36.5 Å². The third kappa shape index (κ3) is 2.53. The largest absolute Gasteiger partial charge is 0.308 e. The molecule has 0 N–H and O–H groups in total. The van der Waals surface area contributed by atoms with Crippen molar-refractivity contribution >= 4 is 23.1 Å². The zero-order valence-corrected chi connectivity index (χ0v) is 10.7. The molecule has 1 aromatic heterocycles. The molecule has 0 saturated heterocycles. The molecule has 1 amide bonds. The quantitative estimate of drug-likeness (QED) is 0.833. The summed E-state index contributed by atoms with van der Waals surface area (Å²) >= 11 is 1.23. The Hall–Kier alpha value is -1.68. The number of rotatable bonds is 3. The second-order valence-electron chi connectivity index (χ2n) is 3.77. The Morgan fingerprint density at radius 3 is 2.82 bits per heavy atom. The molecule has 4 heteroatoms. The molecule has 17 heavy (non-hydrogen) atoms. The third-order valence-electron chi connectivity index (χ3n) is 2.52. The molecule has 0 radical (unpaired) electrons. The maximum absolute atomic E-state index is 12.2. The smallest absolute Gasteiger partial charge is 0.269 e.